The molecule has 4 nitrogen and oxygen atoms in total. The van der Waals surface area contributed by atoms with E-state index in [9.17, 15) is 9.18 Å². The molecule has 0 N–H and O–H groups in total. The van der Waals surface area contributed by atoms with Crippen molar-refractivity contribution >= 4 is 5.91 Å². The summed E-state index contributed by atoms with van der Waals surface area (Å²) in [5.41, 5.74) is 0.908. The summed E-state index contributed by atoms with van der Waals surface area (Å²) in [6.07, 6.45) is 3.28. The van der Waals surface area contributed by atoms with Crippen molar-refractivity contribution in [1.29, 1.82) is 0 Å². The smallest absolute Gasteiger partial charge is 0.254 e. The molecule has 0 unspecified atom stereocenters. The minimum absolute atomic E-state index is 0.0338. The number of nitrogens with zero attached hydrogens (tertiary/aromatic N) is 2. The molecule has 1 aliphatic rings. The summed E-state index contributed by atoms with van der Waals surface area (Å²) in [6.45, 7) is 2.68. The maximum atomic E-state index is 13.5. The van der Waals surface area contributed by atoms with Gasteiger partial charge in [0.1, 0.15) is 17.7 Å². The van der Waals surface area contributed by atoms with Gasteiger partial charge in [0, 0.05) is 11.8 Å². The van der Waals surface area contributed by atoms with Crippen LogP contribution in [0.15, 0.2) is 42.7 Å². The molecule has 3 rings (SSSR count). The number of benzene rings is 1. The molecule has 0 bridgehead atoms. The van der Waals surface area contributed by atoms with Crippen molar-refractivity contribution in [2.45, 2.75) is 13.0 Å². The molecule has 5 heteroatoms. The van der Waals surface area contributed by atoms with E-state index in [2.05, 4.69) is 4.98 Å². The first-order chi connectivity index (χ1) is 10.1. The zero-order valence-corrected chi connectivity index (χ0v) is 11.6. The van der Waals surface area contributed by atoms with E-state index >= 15 is 0 Å². The Kier molecular flexibility index (Phi) is 3.56. The topological polar surface area (TPSA) is 42.4 Å². The van der Waals surface area contributed by atoms with Crippen LogP contribution in [0, 0.1) is 12.7 Å². The molecule has 0 spiro atoms. The van der Waals surface area contributed by atoms with Crippen LogP contribution in [0.5, 0.6) is 5.75 Å². The Morgan fingerprint density at radius 1 is 1.38 bits per heavy atom. The number of hydrogen-bond donors (Lipinski definition) is 0. The van der Waals surface area contributed by atoms with Crippen molar-refractivity contribution in [3.8, 4) is 5.75 Å². The number of carbonyl (C=O) groups excluding carboxylic acids is 1. The molecule has 2 aromatic rings. The second kappa shape index (κ2) is 5.52. The second-order valence-electron chi connectivity index (χ2n) is 5.10. The van der Waals surface area contributed by atoms with Crippen molar-refractivity contribution in [1.82, 2.24) is 9.88 Å². The van der Waals surface area contributed by atoms with Gasteiger partial charge in [0.15, 0.2) is 0 Å². The third-order valence-electron chi connectivity index (χ3n) is 3.49. The normalized spacial score (nSPS) is 14.7. The summed E-state index contributed by atoms with van der Waals surface area (Å²) < 4.78 is 19.2. The molecule has 108 valence electrons. The average molecular weight is 286 g/mol. The minimum atomic E-state index is -0.357. The van der Waals surface area contributed by atoms with Crippen LogP contribution in [0.1, 0.15) is 15.9 Å². The molecule has 1 aliphatic heterocycles. The van der Waals surface area contributed by atoms with Crippen LogP contribution < -0.4 is 4.74 Å². The first kappa shape index (κ1) is 13.5. The molecule has 0 saturated carbocycles. The van der Waals surface area contributed by atoms with E-state index in [1.165, 1.54) is 6.07 Å². The average Bonchev–Trinajstić information content (AvgIpc) is 2.46. The Morgan fingerprint density at radius 2 is 2.19 bits per heavy atom. The zero-order chi connectivity index (χ0) is 14.8. The molecular weight excluding hydrogens is 271 g/mol. The minimum Gasteiger partial charge on any atom is -0.485 e. The van der Waals surface area contributed by atoms with Gasteiger partial charge in [0.05, 0.1) is 19.3 Å². The van der Waals surface area contributed by atoms with Crippen LogP contribution >= 0.6 is 0 Å². The summed E-state index contributed by atoms with van der Waals surface area (Å²) in [5.74, 6) is 0.167. The highest BCUT2D eigenvalue weighted by molar-refractivity contribution is 5.94. The number of aryl methyl sites for hydroxylation is 1. The van der Waals surface area contributed by atoms with Crippen molar-refractivity contribution in [3.63, 3.8) is 0 Å². The molecule has 21 heavy (non-hydrogen) atoms. The number of halogens is 1. The lowest BCUT2D eigenvalue weighted by Crippen LogP contribution is -2.56. The maximum Gasteiger partial charge on any atom is 0.254 e. The Hall–Kier alpha value is -2.43. The highest BCUT2D eigenvalue weighted by Crippen LogP contribution is 2.20. The van der Waals surface area contributed by atoms with E-state index in [4.69, 9.17) is 4.74 Å². The highest BCUT2D eigenvalue weighted by atomic mass is 19.1. The van der Waals surface area contributed by atoms with Crippen molar-refractivity contribution in [3.05, 3.63) is 59.7 Å². The standard InChI is InChI=1S/C16H15FN2O2/c1-11-4-5-12(7-15(11)17)16(20)19-9-14(10-19)21-13-3-2-6-18-8-13/h2-8,14H,9-10H2,1H3. The lowest BCUT2D eigenvalue weighted by molar-refractivity contribution is 0.0176. The number of carbonyl (C=O) groups is 1. The van der Waals surface area contributed by atoms with Crippen molar-refractivity contribution in [2.75, 3.05) is 13.1 Å². The van der Waals surface area contributed by atoms with Gasteiger partial charge in [0.2, 0.25) is 0 Å². The number of aromatic nitrogens is 1. The van der Waals surface area contributed by atoms with E-state index in [-0.39, 0.29) is 17.8 Å². The van der Waals surface area contributed by atoms with E-state index < -0.39 is 0 Å². The number of ether oxygens (including phenoxy) is 1. The molecule has 0 aliphatic carbocycles. The molecule has 0 atom stereocenters. The summed E-state index contributed by atoms with van der Waals surface area (Å²) >= 11 is 0. The fourth-order valence-corrected chi connectivity index (χ4v) is 2.20. The van der Waals surface area contributed by atoms with Gasteiger partial charge < -0.3 is 9.64 Å². The first-order valence-corrected chi connectivity index (χ1v) is 6.75. The van der Waals surface area contributed by atoms with Gasteiger partial charge in [-0.2, -0.15) is 0 Å². The molecule has 2 heterocycles. The van der Waals surface area contributed by atoms with Crippen molar-refractivity contribution < 1.29 is 13.9 Å². The monoisotopic (exact) mass is 286 g/mol. The fourth-order valence-electron chi connectivity index (χ4n) is 2.20. The fraction of sp³-hybridized carbons (Fsp3) is 0.250. The Morgan fingerprint density at radius 3 is 2.86 bits per heavy atom. The van der Waals surface area contributed by atoms with Gasteiger partial charge in [-0.3, -0.25) is 9.78 Å². The largest absolute Gasteiger partial charge is 0.485 e. The summed E-state index contributed by atoms with van der Waals surface area (Å²) in [7, 11) is 0. The number of hydrogen-bond acceptors (Lipinski definition) is 3. The van der Waals surface area contributed by atoms with Gasteiger partial charge in [-0.15, -0.1) is 0 Å². The lowest BCUT2D eigenvalue weighted by Gasteiger charge is -2.38. The summed E-state index contributed by atoms with van der Waals surface area (Å²) in [6, 6.07) is 8.17. The summed E-state index contributed by atoms with van der Waals surface area (Å²) in [4.78, 5) is 17.8. The van der Waals surface area contributed by atoms with Gasteiger partial charge in [-0.1, -0.05) is 6.07 Å². The van der Waals surface area contributed by atoms with Crippen LogP contribution in [-0.4, -0.2) is 35.0 Å². The molecule has 1 saturated heterocycles. The van der Waals surface area contributed by atoms with E-state index in [1.807, 2.05) is 6.07 Å². The predicted molar refractivity (Wildman–Crippen MR) is 75.7 cm³/mol. The second-order valence-corrected chi connectivity index (χ2v) is 5.10. The number of rotatable bonds is 3. The molecule has 1 aromatic carbocycles. The predicted octanol–water partition coefficient (Wildman–Crippen LogP) is 2.43. The zero-order valence-electron chi connectivity index (χ0n) is 11.6. The van der Waals surface area contributed by atoms with E-state index in [0.717, 1.165) is 0 Å². The lowest BCUT2D eigenvalue weighted by atomic mass is 10.1. The van der Waals surface area contributed by atoms with E-state index in [1.54, 1.807) is 42.4 Å². The number of likely N-dealkylation sites (tertiary alicyclic amines) is 1. The van der Waals surface area contributed by atoms with Crippen LogP contribution in [0.4, 0.5) is 4.39 Å². The van der Waals surface area contributed by atoms with Crippen LogP contribution in [0.2, 0.25) is 0 Å². The Bertz CT molecular complexity index is 655. The van der Waals surface area contributed by atoms with Gasteiger partial charge >= 0.3 is 0 Å². The first-order valence-electron chi connectivity index (χ1n) is 6.75. The van der Waals surface area contributed by atoms with Crippen molar-refractivity contribution in [2.24, 2.45) is 0 Å². The SMILES string of the molecule is Cc1ccc(C(=O)N2CC(Oc3cccnc3)C2)cc1F. The summed E-state index contributed by atoms with van der Waals surface area (Å²) in [5, 5.41) is 0. The third kappa shape index (κ3) is 2.86. The highest BCUT2D eigenvalue weighted by Gasteiger charge is 2.33. The van der Waals surface area contributed by atoms with E-state index in [0.29, 0.717) is 30.0 Å². The molecule has 0 radical (unpaired) electrons. The maximum absolute atomic E-state index is 13.5. The quantitative estimate of drug-likeness (QED) is 0.870. The molecule has 1 amide bonds. The molecule has 1 fully saturated rings. The van der Waals surface area contributed by atoms with Crippen LogP contribution in [0.25, 0.3) is 0 Å². The molecular formula is C16H15FN2O2. The van der Waals surface area contributed by atoms with Crippen LogP contribution in [0.3, 0.4) is 0 Å². The van der Waals surface area contributed by atoms with Crippen LogP contribution in [-0.2, 0) is 0 Å². The number of pyridine rings is 1. The Labute approximate surface area is 122 Å². The molecule has 1 aromatic heterocycles. The van der Waals surface area contributed by atoms with Gasteiger partial charge in [0.25, 0.3) is 5.91 Å². The van der Waals surface area contributed by atoms with Gasteiger partial charge in [-0.25, -0.2) is 4.39 Å². The third-order valence-corrected chi connectivity index (χ3v) is 3.49. The number of amides is 1. The Balaban J connectivity index is 1.58. The van der Waals surface area contributed by atoms with Gasteiger partial charge in [-0.05, 0) is 36.8 Å².